The van der Waals surface area contributed by atoms with Crippen LogP contribution in [0.1, 0.15) is 68.7 Å². The first-order chi connectivity index (χ1) is 12.5. The van der Waals surface area contributed by atoms with E-state index in [-0.39, 0.29) is 5.41 Å². The second kappa shape index (κ2) is 4.64. The Kier molecular flexibility index (Phi) is 2.63. The average Bonchev–Trinajstić information content (AvgIpc) is 3.31. The first kappa shape index (κ1) is 14.7. The van der Waals surface area contributed by atoms with Gasteiger partial charge in [0.1, 0.15) is 5.65 Å². The van der Waals surface area contributed by atoms with E-state index in [0.717, 1.165) is 39.6 Å². The number of hydrogen-bond donors (Lipinski definition) is 0. The van der Waals surface area contributed by atoms with Gasteiger partial charge in [-0.3, -0.25) is 9.38 Å². The van der Waals surface area contributed by atoms with Gasteiger partial charge < -0.3 is 0 Å². The molecule has 0 radical (unpaired) electrons. The largest absolute Gasteiger partial charge is 0.299 e. The molecule has 0 N–H and O–H groups in total. The molecule has 3 heteroatoms. The summed E-state index contributed by atoms with van der Waals surface area (Å²) in [6.45, 7) is 6.62. The number of nitrogens with zero attached hydrogens (tertiary/aromatic N) is 3. The maximum absolute atomic E-state index is 5.02. The summed E-state index contributed by atoms with van der Waals surface area (Å²) in [6.07, 6.45) is 6.22. The molecule has 2 aliphatic rings. The zero-order valence-corrected chi connectivity index (χ0v) is 15.6. The van der Waals surface area contributed by atoms with Gasteiger partial charge in [-0.05, 0) is 72.6 Å². The van der Waals surface area contributed by atoms with E-state index in [1.165, 1.54) is 24.8 Å². The summed E-state index contributed by atoms with van der Waals surface area (Å²) in [7, 11) is 0. The predicted octanol–water partition coefficient (Wildman–Crippen LogP) is 5.70. The molecule has 130 valence electrons. The van der Waals surface area contributed by atoms with Gasteiger partial charge in [0.05, 0.1) is 16.6 Å². The fourth-order valence-electron chi connectivity index (χ4n) is 5.12. The van der Waals surface area contributed by atoms with E-state index < -0.39 is 0 Å². The van der Waals surface area contributed by atoms with E-state index in [1.54, 1.807) is 11.1 Å². The molecule has 0 saturated heterocycles. The summed E-state index contributed by atoms with van der Waals surface area (Å²) >= 11 is 0. The standard InChI is InChI=1S/C23H23N3/c1-23(2,3)21-7-6-15-18(24-21)8-9-26-20-12-17-14-5-4-13(10-14)16(17)11-19(20)25-22(15)26/h6-9,11-14H,4-5,10H2,1-3H3. The number of aromatic nitrogens is 3. The van der Waals surface area contributed by atoms with Crippen LogP contribution in [0.5, 0.6) is 0 Å². The normalized spacial score (nSPS) is 22.0. The summed E-state index contributed by atoms with van der Waals surface area (Å²) in [4.78, 5) is 9.93. The Morgan fingerprint density at radius 3 is 2.46 bits per heavy atom. The molecule has 6 rings (SSSR count). The molecule has 2 atom stereocenters. The molecule has 1 fully saturated rings. The molecule has 1 aromatic carbocycles. The van der Waals surface area contributed by atoms with Crippen LogP contribution in [0.3, 0.4) is 0 Å². The summed E-state index contributed by atoms with van der Waals surface area (Å²) in [5, 5.41) is 1.14. The van der Waals surface area contributed by atoms with Gasteiger partial charge in [-0.25, -0.2) is 4.98 Å². The highest BCUT2D eigenvalue weighted by Gasteiger charge is 2.37. The van der Waals surface area contributed by atoms with Crippen molar-refractivity contribution in [2.45, 2.75) is 57.3 Å². The van der Waals surface area contributed by atoms with E-state index >= 15 is 0 Å². The molecule has 3 aromatic heterocycles. The molecule has 4 aromatic rings. The van der Waals surface area contributed by atoms with Crippen LogP contribution in [-0.2, 0) is 5.41 Å². The smallest absolute Gasteiger partial charge is 0.147 e. The number of imidazole rings is 1. The first-order valence-corrected chi connectivity index (χ1v) is 9.75. The Labute approximate surface area is 153 Å². The summed E-state index contributed by atoms with van der Waals surface area (Å²) in [6, 6.07) is 11.3. The van der Waals surface area contributed by atoms with Gasteiger partial charge in [0.2, 0.25) is 0 Å². The lowest BCUT2D eigenvalue weighted by Gasteiger charge is -2.18. The Bertz CT molecular complexity index is 1210. The van der Waals surface area contributed by atoms with Gasteiger partial charge in [0.15, 0.2) is 0 Å². The molecule has 26 heavy (non-hydrogen) atoms. The lowest BCUT2D eigenvalue weighted by Crippen LogP contribution is -2.13. The van der Waals surface area contributed by atoms with Crippen LogP contribution < -0.4 is 0 Å². The van der Waals surface area contributed by atoms with Crippen molar-refractivity contribution in [2.75, 3.05) is 0 Å². The van der Waals surface area contributed by atoms with Crippen LogP contribution in [0.4, 0.5) is 0 Å². The van der Waals surface area contributed by atoms with Crippen molar-refractivity contribution in [3.63, 3.8) is 0 Å². The van der Waals surface area contributed by atoms with Crippen molar-refractivity contribution < 1.29 is 0 Å². The van der Waals surface area contributed by atoms with E-state index in [9.17, 15) is 0 Å². The second-order valence-electron chi connectivity index (χ2n) is 9.18. The van der Waals surface area contributed by atoms with Crippen LogP contribution >= 0.6 is 0 Å². The van der Waals surface area contributed by atoms with Crippen molar-refractivity contribution in [2.24, 2.45) is 0 Å². The monoisotopic (exact) mass is 341 g/mol. The molecular weight excluding hydrogens is 318 g/mol. The quantitative estimate of drug-likeness (QED) is 0.411. The van der Waals surface area contributed by atoms with E-state index in [1.807, 2.05) is 0 Å². The van der Waals surface area contributed by atoms with Crippen LogP contribution in [-0.4, -0.2) is 14.4 Å². The van der Waals surface area contributed by atoms with Gasteiger partial charge in [-0.2, -0.15) is 0 Å². The van der Waals surface area contributed by atoms with Crippen molar-refractivity contribution >= 4 is 27.6 Å². The molecule has 1 saturated carbocycles. The number of hydrogen-bond acceptors (Lipinski definition) is 2. The van der Waals surface area contributed by atoms with E-state index in [2.05, 4.69) is 61.7 Å². The van der Waals surface area contributed by atoms with Crippen LogP contribution in [0, 0.1) is 0 Å². The minimum atomic E-state index is 0.0561. The van der Waals surface area contributed by atoms with Crippen molar-refractivity contribution in [1.29, 1.82) is 0 Å². The lowest BCUT2D eigenvalue weighted by atomic mass is 9.91. The number of benzene rings is 1. The third-order valence-corrected chi connectivity index (χ3v) is 6.52. The highest BCUT2D eigenvalue weighted by molar-refractivity contribution is 5.96. The number of rotatable bonds is 0. The molecule has 0 aliphatic heterocycles. The van der Waals surface area contributed by atoms with Gasteiger partial charge in [0, 0.05) is 22.7 Å². The van der Waals surface area contributed by atoms with Crippen LogP contribution in [0.2, 0.25) is 0 Å². The SMILES string of the molecule is CC(C)(C)c1ccc2c(ccn3c4cc5c(cc4nc23)C2CCC5C2)n1. The zero-order valence-electron chi connectivity index (χ0n) is 15.6. The third kappa shape index (κ3) is 1.83. The fraction of sp³-hybridized carbons (Fsp3) is 0.391. The molecule has 0 amide bonds. The molecule has 3 nitrogen and oxygen atoms in total. The summed E-state index contributed by atoms with van der Waals surface area (Å²) in [5.74, 6) is 1.55. The highest BCUT2D eigenvalue weighted by atomic mass is 15.0. The average molecular weight is 341 g/mol. The molecule has 0 spiro atoms. The van der Waals surface area contributed by atoms with Gasteiger partial charge in [-0.1, -0.05) is 20.8 Å². The van der Waals surface area contributed by atoms with E-state index in [4.69, 9.17) is 9.97 Å². The maximum Gasteiger partial charge on any atom is 0.147 e. The minimum Gasteiger partial charge on any atom is -0.299 e. The molecular formula is C23H23N3. The van der Waals surface area contributed by atoms with Crippen LogP contribution in [0.15, 0.2) is 36.5 Å². The summed E-state index contributed by atoms with van der Waals surface area (Å²) in [5.41, 5.74) is 8.76. The first-order valence-electron chi connectivity index (χ1n) is 9.75. The van der Waals surface area contributed by atoms with E-state index in [0.29, 0.717) is 0 Å². The predicted molar refractivity (Wildman–Crippen MR) is 106 cm³/mol. The molecule has 3 heterocycles. The Hall–Kier alpha value is -2.42. The van der Waals surface area contributed by atoms with Crippen molar-refractivity contribution in [3.05, 3.63) is 53.3 Å². The Morgan fingerprint density at radius 2 is 1.69 bits per heavy atom. The van der Waals surface area contributed by atoms with Gasteiger partial charge in [-0.15, -0.1) is 0 Å². The molecule has 2 bridgehead atoms. The fourth-order valence-corrected chi connectivity index (χ4v) is 5.12. The topological polar surface area (TPSA) is 30.2 Å². The third-order valence-electron chi connectivity index (χ3n) is 6.52. The number of fused-ring (bicyclic) bond motifs is 10. The van der Waals surface area contributed by atoms with Gasteiger partial charge >= 0.3 is 0 Å². The van der Waals surface area contributed by atoms with Crippen molar-refractivity contribution in [1.82, 2.24) is 14.4 Å². The minimum absolute atomic E-state index is 0.0561. The highest BCUT2D eigenvalue weighted by Crippen LogP contribution is 2.53. The Morgan fingerprint density at radius 1 is 0.923 bits per heavy atom. The maximum atomic E-state index is 5.02. The Balaban J connectivity index is 1.64. The lowest BCUT2D eigenvalue weighted by molar-refractivity contribution is 0.571. The summed E-state index contributed by atoms with van der Waals surface area (Å²) < 4.78 is 2.25. The molecule has 2 unspecified atom stereocenters. The van der Waals surface area contributed by atoms with Gasteiger partial charge in [0.25, 0.3) is 0 Å². The van der Waals surface area contributed by atoms with Crippen molar-refractivity contribution in [3.8, 4) is 0 Å². The van der Waals surface area contributed by atoms with Crippen LogP contribution in [0.25, 0.3) is 27.6 Å². The zero-order chi connectivity index (χ0) is 17.6. The molecule has 2 aliphatic carbocycles. The second-order valence-corrected chi connectivity index (χ2v) is 9.18. The number of pyridine rings is 2.